The fraction of sp³-hybridized carbons (Fsp3) is 0.154. The third-order valence-corrected chi connectivity index (χ3v) is 2.50. The van der Waals surface area contributed by atoms with Crippen LogP contribution in [-0.4, -0.2) is 30.5 Å². The number of nitrogens with zero attached hydrogens (tertiary/aromatic N) is 2. The number of benzene rings is 1. The second-order valence-electron chi connectivity index (χ2n) is 3.49. The van der Waals surface area contributed by atoms with Crippen molar-refractivity contribution < 1.29 is 14.3 Å². The van der Waals surface area contributed by atoms with Gasteiger partial charge in [-0.2, -0.15) is 0 Å². The number of carbonyl (C=O) groups is 1. The highest BCUT2D eigenvalue weighted by Gasteiger charge is 2.13. The Hall–Kier alpha value is -2.43. The minimum Gasteiger partial charge on any atom is -0.497 e. The van der Waals surface area contributed by atoms with E-state index in [1.165, 1.54) is 13.3 Å². The quantitative estimate of drug-likeness (QED) is 0.769. The molecule has 2 aromatic rings. The Bertz CT molecular complexity index is 570. The van der Waals surface area contributed by atoms with Gasteiger partial charge in [0.25, 0.3) is 0 Å². The van der Waals surface area contributed by atoms with Crippen molar-refractivity contribution in [2.45, 2.75) is 0 Å². The molecule has 1 heterocycles. The SMILES string of the molecule is COc1ccc(-c2nccnc2OC)c(C=O)c1. The fourth-order valence-corrected chi connectivity index (χ4v) is 1.64. The van der Waals surface area contributed by atoms with Crippen LogP contribution in [0.2, 0.25) is 0 Å². The molecule has 0 N–H and O–H groups in total. The molecule has 0 aliphatic heterocycles. The van der Waals surface area contributed by atoms with E-state index in [2.05, 4.69) is 9.97 Å². The van der Waals surface area contributed by atoms with E-state index in [9.17, 15) is 4.79 Å². The number of hydrogen-bond donors (Lipinski definition) is 0. The zero-order valence-corrected chi connectivity index (χ0v) is 10.1. The molecule has 0 aliphatic carbocycles. The van der Waals surface area contributed by atoms with Gasteiger partial charge in [-0.15, -0.1) is 0 Å². The Morgan fingerprint density at radius 3 is 2.56 bits per heavy atom. The molecule has 0 spiro atoms. The largest absolute Gasteiger partial charge is 0.497 e. The van der Waals surface area contributed by atoms with Gasteiger partial charge >= 0.3 is 0 Å². The first kappa shape index (κ1) is 12.0. The van der Waals surface area contributed by atoms with Crippen LogP contribution >= 0.6 is 0 Å². The van der Waals surface area contributed by atoms with E-state index in [0.29, 0.717) is 28.5 Å². The van der Waals surface area contributed by atoms with Gasteiger partial charge in [0.2, 0.25) is 5.88 Å². The Morgan fingerprint density at radius 2 is 1.89 bits per heavy atom. The Balaban J connectivity index is 2.59. The smallest absolute Gasteiger partial charge is 0.240 e. The molecule has 0 saturated heterocycles. The molecule has 18 heavy (non-hydrogen) atoms. The fourth-order valence-electron chi connectivity index (χ4n) is 1.64. The number of rotatable bonds is 4. The second-order valence-corrected chi connectivity index (χ2v) is 3.49. The molecule has 0 aliphatic rings. The number of aromatic nitrogens is 2. The number of ether oxygens (including phenoxy) is 2. The van der Waals surface area contributed by atoms with Gasteiger partial charge in [0.15, 0.2) is 6.29 Å². The van der Waals surface area contributed by atoms with Crippen molar-refractivity contribution in [1.29, 1.82) is 0 Å². The van der Waals surface area contributed by atoms with Gasteiger partial charge in [0, 0.05) is 23.5 Å². The molecule has 1 aromatic carbocycles. The van der Waals surface area contributed by atoms with E-state index in [1.54, 1.807) is 31.5 Å². The summed E-state index contributed by atoms with van der Waals surface area (Å²) in [6.07, 6.45) is 3.84. The number of methoxy groups -OCH3 is 2. The lowest BCUT2D eigenvalue weighted by molar-refractivity contribution is 0.112. The van der Waals surface area contributed by atoms with Gasteiger partial charge in [-0.1, -0.05) is 0 Å². The summed E-state index contributed by atoms with van der Waals surface area (Å²) in [4.78, 5) is 19.4. The Morgan fingerprint density at radius 1 is 1.11 bits per heavy atom. The highest BCUT2D eigenvalue weighted by atomic mass is 16.5. The maximum absolute atomic E-state index is 11.1. The lowest BCUT2D eigenvalue weighted by atomic mass is 10.1. The van der Waals surface area contributed by atoms with Crippen LogP contribution in [0.1, 0.15) is 10.4 Å². The van der Waals surface area contributed by atoms with Gasteiger partial charge < -0.3 is 9.47 Å². The van der Waals surface area contributed by atoms with E-state index >= 15 is 0 Å². The molecule has 5 nitrogen and oxygen atoms in total. The van der Waals surface area contributed by atoms with Crippen LogP contribution < -0.4 is 9.47 Å². The van der Waals surface area contributed by atoms with Crippen molar-refractivity contribution in [1.82, 2.24) is 9.97 Å². The van der Waals surface area contributed by atoms with Crippen molar-refractivity contribution >= 4 is 6.29 Å². The molecule has 0 saturated carbocycles. The van der Waals surface area contributed by atoms with Crippen molar-refractivity contribution in [3.63, 3.8) is 0 Å². The summed E-state index contributed by atoms with van der Waals surface area (Å²) in [6.45, 7) is 0. The average molecular weight is 244 g/mol. The average Bonchev–Trinajstić information content (AvgIpc) is 2.46. The molecule has 0 bridgehead atoms. The third-order valence-electron chi connectivity index (χ3n) is 2.50. The molecule has 5 heteroatoms. The summed E-state index contributed by atoms with van der Waals surface area (Å²) in [7, 11) is 3.06. The first-order valence-corrected chi connectivity index (χ1v) is 5.28. The molecule has 1 aromatic heterocycles. The molecule has 0 atom stereocenters. The summed E-state index contributed by atoms with van der Waals surface area (Å²) in [5, 5.41) is 0. The van der Waals surface area contributed by atoms with Gasteiger partial charge in [0.05, 0.1) is 14.2 Å². The maximum atomic E-state index is 11.1. The molecule has 92 valence electrons. The van der Waals surface area contributed by atoms with Crippen LogP contribution in [-0.2, 0) is 0 Å². The van der Waals surface area contributed by atoms with E-state index in [0.717, 1.165) is 6.29 Å². The first-order chi connectivity index (χ1) is 8.80. The van der Waals surface area contributed by atoms with Crippen molar-refractivity contribution in [3.8, 4) is 22.9 Å². The van der Waals surface area contributed by atoms with Crippen LogP contribution in [0.5, 0.6) is 11.6 Å². The van der Waals surface area contributed by atoms with Crippen LogP contribution in [0.25, 0.3) is 11.3 Å². The lowest BCUT2D eigenvalue weighted by Gasteiger charge is -2.09. The molecular weight excluding hydrogens is 232 g/mol. The maximum Gasteiger partial charge on any atom is 0.240 e. The normalized spacial score (nSPS) is 9.89. The molecular formula is C13H12N2O3. The zero-order valence-electron chi connectivity index (χ0n) is 10.1. The predicted molar refractivity (Wildman–Crippen MR) is 66.0 cm³/mol. The first-order valence-electron chi connectivity index (χ1n) is 5.28. The third kappa shape index (κ3) is 2.15. The van der Waals surface area contributed by atoms with Crippen LogP contribution in [0, 0.1) is 0 Å². The van der Waals surface area contributed by atoms with Crippen molar-refractivity contribution in [3.05, 3.63) is 36.2 Å². The number of hydrogen-bond acceptors (Lipinski definition) is 5. The van der Waals surface area contributed by atoms with Crippen molar-refractivity contribution in [2.75, 3.05) is 14.2 Å². The summed E-state index contributed by atoms with van der Waals surface area (Å²) in [5.74, 6) is 0.995. The summed E-state index contributed by atoms with van der Waals surface area (Å²) < 4.78 is 10.2. The lowest BCUT2D eigenvalue weighted by Crippen LogP contribution is -1.97. The topological polar surface area (TPSA) is 61.3 Å². The number of aldehydes is 1. The number of carbonyl (C=O) groups excluding carboxylic acids is 1. The zero-order chi connectivity index (χ0) is 13.0. The van der Waals surface area contributed by atoms with Gasteiger partial charge in [-0.05, 0) is 18.2 Å². The van der Waals surface area contributed by atoms with E-state index in [-0.39, 0.29) is 0 Å². The van der Waals surface area contributed by atoms with Gasteiger partial charge in [0.1, 0.15) is 11.4 Å². The standard InChI is InChI=1S/C13H12N2O3/c1-17-10-3-4-11(9(7-10)8-16)12-13(18-2)15-6-5-14-12/h3-8H,1-2H3. The van der Waals surface area contributed by atoms with E-state index in [1.807, 2.05) is 0 Å². The highest BCUT2D eigenvalue weighted by molar-refractivity contribution is 5.88. The minimum absolute atomic E-state index is 0.380. The molecule has 0 fully saturated rings. The highest BCUT2D eigenvalue weighted by Crippen LogP contribution is 2.29. The Kier molecular flexibility index (Phi) is 3.52. The molecule has 2 rings (SSSR count). The summed E-state index contributed by atoms with van der Waals surface area (Å²) in [6, 6.07) is 5.17. The predicted octanol–water partition coefficient (Wildman–Crippen LogP) is 1.97. The van der Waals surface area contributed by atoms with Gasteiger partial charge in [-0.3, -0.25) is 4.79 Å². The molecule has 0 radical (unpaired) electrons. The second kappa shape index (κ2) is 5.27. The minimum atomic E-state index is 0.380. The van der Waals surface area contributed by atoms with Crippen LogP contribution in [0.15, 0.2) is 30.6 Å². The Labute approximate surface area is 104 Å². The van der Waals surface area contributed by atoms with Crippen LogP contribution in [0.4, 0.5) is 0 Å². The molecule has 0 unspecified atom stereocenters. The van der Waals surface area contributed by atoms with E-state index < -0.39 is 0 Å². The monoisotopic (exact) mass is 244 g/mol. The van der Waals surface area contributed by atoms with Crippen LogP contribution in [0.3, 0.4) is 0 Å². The van der Waals surface area contributed by atoms with Gasteiger partial charge in [-0.25, -0.2) is 9.97 Å². The van der Waals surface area contributed by atoms with Crippen molar-refractivity contribution in [2.24, 2.45) is 0 Å². The van der Waals surface area contributed by atoms with E-state index in [4.69, 9.17) is 9.47 Å². The summed E-state index contributed by atoms with van der Waals surface area (Å²) in [5.41, 5.74) is 1.67. The molecule has 0 amide bonds. The summed E-state index contributed by atoms with van der Waals surface area (Å²) >= 11 is 0.